The molecule has 0 bridgehead atoms. The number of methoxy groups -OCH3 is 1. The Morgan fingerprint density at radius 1 is 1.20 bits per heavy atom. The molecular weight excluding hydrogens is 332 g/mol. The predicted molar refractivity (Wildman–Crippen MR) is 98.1 cm³/mol. The maximum absolute atomic E-state index is 13.3. The van der Waals surface area contributed by atoms with Gasteiger partial charge in [0.2, 0.25) is 5.88 Å². The fourth-order valence-electron chi connectivity index (χ4n) is 3.40. The number of pyridine rings is 1. The first-order valence-electron chi connectivity index (χ1n) is 8.21. The second kappa shape index (κ2) is 6.69. The number of fused-ring (bicyclic) bond motifs is 1. The molecule has 1 atom stereocenters. The van der Waals surface area contributed by atoms with Crippen LogP contribution in [0, 0.1) is 0 Å². The molecule has 1 aliphatic heterocycles. The lowest BCUT2D eigenvalue weighted by Gasteiger charge is -2.36. The van der Waals surface area contributed by atoms with Gasteiger partial charge in [-0.05, 0) is 41.1 Å². The molecule has 0 saturated heterocycles. The van der Waals surface area contributed by atoms with Crippen molar-refractivity contribution in [1.29, 1.82) is 0 Å². The van der Waals surface area contributed by atoms with Crippen molar-refractivity contribution in [3.63, 3.8) is 0 Å². The summed E-state index contributed by atoms with van der Waals surface area (Å²) in [6, 6.07) is 15.8. The van der Waals surface area contributed by atoms with Crippen LogP contribution in [0.3, 0.4) is 0 Å². The minimum atomic E-state index is -0.0754. The fourth-order valence-corrected chi connectivity index (χ4v) is 4.30. The highest BCUT2D eigenvalue weighted by Crippen LogP contribution is 2.38. The molecule has 1 aliphatic rings. The van der Waals surface area contributed by atoms with E-state index in [4.69, 9.17) is 4.74 Å². The van der Waals surface area contributed by atoms with E-state index in [1.165, 1.54) is 10.4 Å². The van der Waals surface area contributed by atoms with Crippen LogP contribution in [0.1, 0.15) is 32.4 Å². The van der Waals surface area contributed by atoms with Crippen LogP contribution in [0.4, 0.5) is 0 Å². The van der Waals surface area contributed by atoms with E-state index in [1.807, 2.05) is 23.1 Å². The Hall–Kier alpha value is -2.66. The average molecular weight is 350 g/mol. The number of ether oxygens (including phenoxy) is 1. The fraction of sp³-hybridized carbons (Fsp3) is 0.200. The third-order valence-electron chi connectivity index (χ3n) is 4.54. The molecule has 5 heteroatoms. The van der Waals surface area contributed by atoms with Gasteiger partial charge in [0, 0.05) is 17.6 Å². The third-order valence-corrected chi connectivity index (χ3v) is 5.53. The Labute approximate surface area is 150 Å². The molecule has 0 N–H and O–H groups in total. The Morgan fingerprint density at radius 2 is 2.04 bits per heavy atom. The van der Waals surface area contributed by atoms with Gasteiger partial charge in [0.25, 0.3) is 5.91 Å². The molecule has 0 fully saturated rings. The highest BCUT2D eigenvalue weighted by atomic mass is 32.1. The number of nitrogens with zero attached hydrogens (tertiary/aromatic N) is 2. The third kappa shape index (κ3) is 2.81. The van der Waals surface area contributed by atoms with E-state index in [9.17, 15) is 4.79 Å². The van der Waals surface area contributed by atoms with Crippen molar-refractivity contribution in [3.8, 4) is 5.88 Å². The molecule has 1 amide bonds. The van der Waals surface area contributed by atoms with Crippen LogP contribution in [-0.2, 0) is 6.42 Å². The molecule has 0 saturated carbocycles. The summed E-state index contributed by atoms with van der Waals surface area (Å²) in [6.07, 6.45) is 2.52. The van der Waals surface area contributed by atoms with E-state index < -0.39 is 0 Å². The van der Waals surface area contributed by atoms with Crippen molar-refractivity contribution in [2.24, 2.45) is 0 Å². The smallest absolute Gasteiger partial charge is 0.260 e. The summed E-state index contributed by atoms with van der Waals surface area (Å²) in [5.74, 6) is 0.325. The first-order chi connectivity index (χ1) is 12.3. The number of thiophene rings is 1. The van der Waals surface area contributed by atoms with Crippen molar-refractivity contribution in [2.45, 2.75) is 12.5 Å². The number of benzene rings is 1. The van der Waals surface area contributed by atoms with Gasteiger partial charge in [-0.1, -0.05) is 30.3 Å². The molecule has 0 aliphatic carbocycles. The summed E-state index contributed by atoms with van der Waals surface area (Å²) < 4.78 is 5.30. The summed E-state index contributed by atoms with van der Waals surface area (Å²) in [4.78, 5) is 20.8. The lowest BCUT2D eigenvalue weighted by molar-refractivity contribution is 0.0692. The van der Waals surface area contributed by atoms with E-state index in [0.717, 1.165) is 12.0 Å². The number of carbonyl (C=O) groups is 1. The van der Waals surface area contributed by atoms with Crippen molar-refractivity contribution in [3.05, 3.63) is 81.7 Å². The van der Waals surface area contributed by atoms with Gasteiger partial charge >= 0.3 is 0 Å². The van der Waals surface area contributed by atoms with Crippen LogP contribution >= 0.6 is 11.3 Å². The molecule has 3 heterocycles. The summed E-state index contributed by atoms with van der Waals surface area (Å²) in [6.45, 7) is 0.684. The molecule has 25 heavy (non-hydrogen) atoms. The number of rotatable bonds is 3. The monoisotopic (exact) mass is 350 g/mol. The van der Waals surface area contributed by atoms with E-state index in [0.29, 0.717) is 18.0 Å². The predicted octanol–water partition coefficient (Wildman–Crippen LogP) is 3.94. The van der Waals surface area contributed by atoms with Crippen molar-refractivity contribution < 1.29 is 9.53 Å². The highest BCUT2D eigenvalue weighted by molar-refractivity contribution is 7.10. The molecule has 0 spiro atoms. The summed E-state index contributed by atoms with van der Waals surface area (Å²) in [5.41, 5.74) is 2.85. The molecule has 3 aromatic rings. The van der Waals surface area contributed by atoms with E-state index in [1.54, 1.807) is 36.8 Å². The first-order valence-corrected chi connectivity index (χ1v) is 9.08. The summed E-state index contributed by atoms with van der Waals surface area (Å²) in [5, 5.41) is 2.11. The Morgan fingerprint density at radius 3 is 2.84 bits per heavy atom. The van der Waals surface area contributed by atoms with E-state index in [2.05, 4.69) is 28.6 Å². The zero-order valence-corrected chi connectivity index (χ0v) is 14.7. The van der Waals surface area contributed by atoms with Gasteiger partial charge in [-0.3, -0.25) is 4.79 Å². The van der Waals surface area contributed by atoms with Gasteiger partial charge in [0.1, 0.15) is 5.56 Å². The van der Waals surface area contributed by atoms with Crippen LogP contribution in [0.15, 0.2) is 60.1 Å². The molecule has 4 nitrogen and oxygen atoms in total. The van der Waals surface area contributed by atoms with Crippen LogP contribution in [0.5, 0.6) is 5.88 Å². The lowest BCUT2D eigenvalue weighted by Crippen LogP contribution is -2.40. The Kier molecular flexibility index (Phi) is 4.24. The zero-order chi connectivity index (χ0) is 17.2. The molecule has 4 rings (SSSR count). The molecule has 126 valence electrons. The minimum absolute atomic E-state index is 0.0457. The number of aromatic nitrogens is 1. The second-order valence-corrected chi connectivity index (χ2v) is 6.92. The maximum Gasteiger partial charge on any atom is 0.260 e. The van der Waals surface area contributed by atoms with Gasteiger partial charge < -0.3 is 9.64 Å². The maximum atomic E-state index is 13.3. The zero-order valence-electron chi connectivity index (χ0n) is 13.9. The van der Waals surface area contributed by atoms with Gasteiger partial charge in [-0.15, -0.1) is 11.3 Å². The number of amides is 1. The highest BCUT2D eigenvalue weighted by Gasteiger charge is 2.34. The summed E-state index contributed by atoms with van der Waals surface area (Å²) >= 11 is 1.77. The largest absolute Gasteiger partial charge is 0.480 e. The summed E-state index contributed by atoms with van der Waals surface area (Å²) in [7, 11) is 1.54. The van der Waals surface area contributed by atoms with Crippen LogP contribution in [0.25, 0.3) is 0 Å². The second-order valence-electron chi connectivity index (χ2n) is 5.92. The number of hydrogen-bond donors (Lipinski definition) is 0. The number of carbonyl (C=O) groups excluding carboxylic acids is 1. The SMILES string of the molecule is COc1ncccc1C(=O)N1CCc2sccc2C1c1ccccc1. The van der Waals surface area contributed by atoms with Gasteiger partial charge in [0.05, 0.1) is 13.2 Å². The topological polar surface area (TPSA) is 42.4 Å². The number of hydrogen-bond acceptors (Lipinski definition) is 4. The van der Waals surface area contributed by atoms with Crippen molar-refractivity contribution in [1.82, 2.24) is 9.88 Å². The molecule has 1 unspecified atom stereocenters. The molecule has 1 aromatic carbocycles. The average Bonchev–Trinajstić information content (AvgIpc) is 3.16. The molecule has 0 radical (unpaired) electrons. The van der Waals surface area contributed by atoms with Crippen LogP contribution in [0.2, 0.25) is 0 Å². The van der Waals surface area contributed by atoms with Crippen molar-refractivity contribution in [2.75, 3.05) is 13.7 Å². The lowest BCUT2D eigenvalue weighted by atomic mass is 9.92. The molecular formula is C20H18N2O2S. The molecule has 2 aromatic heterocycles. The normalized spacial score (nSPS) is 16.4. The Balaban J connectivity index is 1.79. The van der Waals surface area contributed by atoms with Crippen LogP contribution < -0.4 is 4.74 Å². The van der Waals surface area contributed by atoms with Crippen LogP contribution in [-0.4, -0.2) is 29.4 Å². The standard InChI is InChI=1S/C20H18N2O2S/c1-24-19-16(8-5-11-21-19)20(23)22-12-9-17-15(10-13-25-17)18(22)14-6-3-2-4-7-14/h2-8,10-11,13,18H,9,12H2,1H3. The van der Waals surface area contributed by atoms with Crippen molar-refractivity contribution >= 4 is 17.2 Å². The van der Waals surface area contributed by atoms with E-state index in [-0.39, 0.29) is 11.9 Å². The minimum Gasteiger partial charge on any atom is -0.480 e. The van der Waals surface area contributed by atoms with Gasteiger partial charge in [-0.25, -0.2) is 4.98 Å². The van der Waals surface area contributed by atoms with E-state index >= 15 is 0 Å². The van der Waals surface area contributed by atoms with Gasteiger partial charge in [0.15, 0.2) is 0 Å². The Bertz CT molecular complexity index is 891. The first kappa shape index (κ1) is 15.8. The quantitative estimate of drug-likeness (QED) is 0.718. The van der Waals surface area contributed by atoms with Gasteiger partial charge in [-0.2, -0.15) is 0 Å².